The van der Waals surface area contributed by atoms with Crippen LogP contribution in [0.2, 0.25) is 0 Å². The van der Waals surface area contributed by atoms with Crippen molar-refractivity contribution in [1.29, 1.82) is 0 Å². The van der Waals surface area contributed by atoms with Crippen molar-refractivity contribution in [2.45, 2.75) is 18.1 Å². The van der Waals surface area contributed by atoms with E-state index in [-0.39, 0.29) is 5.91 Å². The first kappa shape index (κ1) is 12.2. The summed E-state index contributed by atoms with van der Waals surface area (Å²) in [6.07, 6.45) is 0. The topological polar surface area (TPSA) is 57.8 Å². The highest BCUT2D eigenvalue weighted by Gasteiger charge is 2.10. The lowest BCUT2D eigenvalue weighted by Crippen LogP contribution is -2.14. The van der Waals surface area contributed by atoms with Crippen molar-refractivity contribution in [3.8, 4) is 0 Å². The smallest absolute Gasteiger partial charge is 0.234 e. The Bertz CT molecular complexity index is 485. The molecule has 17 heavy (non-hydrogen) atoms. The molecule has 0 aliphatic carbocycles. The SMILES string of the molecule is Cc1n[nH]c(C)c1NC(=O)CSc1cccs1. The fourth-order valence-electron chi connectivity index (χ4n) is 1.39. The summed E-state index contributed by atoms with van der Waals surface area (Å²) in [6, 6.07) is 3.99. The molecule has 0 fully saturated rings. The Labute approximate surface area is 108 Å². The molecule has 0 spiro atoms. The zero-order chi connectivity index (χ0) is 12.3. The first-order valence-electron chi connectivity index (χ1n) is 5.14. The maximum atomic E-state index is 11.7. The number of carbonyl (C=O) groups excluding carboxylic acids is 1. The normalized spacial score (nSPS) is 10.5. The van der Waals surface area contributed by atoms with Crippen LogP contribution in [0, 0.1) is 13.8 Å². The number of aromatic nitrogens is 2. The Kier molecular flexibility index (Phi) is 3.86. The van der Waals surface area contributed by atoms with E-state index < -0.39 is 0 Å². The lowest BCUT2D eigenvalue weighted by atomic mass is 10.3. The minimum absolute atomic E-state index is 0.00370. The number of nitrogens with one attached hydrogen (secondary N) is 2. The van der Waals surface area contributed by atoms with Crippen molar-refractivity contribution in [2.24, 2.45) is 0 Å². The zero-order valence-corrected chi connectivity index (χ0v) is 11.2. The van der Waals surface area contributed by atoms with Crippen molar-refractivity contribution < 1.29 is 4.79 Å². The van der Waals surface area contributed by atoms with Crippen LogP contribution in [0.1, 0.15) is 11.4 Å². The van der Waals surface area contributed by atoms with E-state index >= 15 is 0 Å². The number of thioether (sulfide) groups is 1. The largest absolute Gasteiger partial charge is 0.322 e. The van der Waals surface area contributed by atoms with E-state index in [0.717, 1.165) is 21.3 Å². The van der Waals surface area contributed by atoms with E-state index in [2.05, 4.69) is 15.5 Å². The van der Waals surface area contributed by atoms with Gasteiger partial charge in [0.1, 0.15) is 0 Å². The standard InChI is InChI=1S/C11H13N3OS2/c1-7-11(8(2)14-13-7)12-9(15)6-17-10-4-3-5-16-10/h3-5H,6H2,1-2H3,(H,12,15)(H,13,14). The molecular weight excluding hydrogens is 254 g/mol. The molecule has 6 heteroatoms. The molecule has 0 radical (unpaired) electrons. The minimum atomic E-state index is -0.00370. The van der Waals surface area contributed by atoms with E-state index in [0.29, 0.717) is 5.75 Å². The molecule has 90 valence electrons. The third-order valence-electron chi connectivity index (χ3n) is 2.23. The molecule has 0 aromatic carbocycles. The quantitative estimate of drug-likeness (QED) is 0.837. The first-order valence-corrected chi connectivity index (χ1v) is 7.01. The number of hydrogen-bond acceptors (Lipinski definition) is 4. The van der Waals surface area contributed by atoms with Gasteiger partial charge in [0, 0.05) is 0 Å². The molecule has 0 unspecified atom stereocenters. The van der Waals surface area contributed by atoms with Crippen LogP contribution in [0.25, 0.3) is 0 Å². The summed E-state index contributed by atoms with van der Waals surface area (Å²) in [5.41, 5.74) is 2.50. The van der Waals surface area contributed by atoms with Gasteiger partial charge < -0.3 is 5.32 Å². The van der Waals surface area contributed by atoms with Crippen molar-refractivity contribution in [3.63, 3.8) is 0 Å². The van der Waals surface area contributed by atoms with Gasteiger partial charge in [0.05, 0.1) is 27.0 Å². The summed E-state index contributed by atoms with van der Waals surface area (Å²) in [6.45, 7) is 3.76. The maximum Gasteiger partial charge on any atom is 0.234 e. The molecule has 2 heterocycles. The van der Waals surface area contributed by atoms with Crippen LogP contribution in [-0.4, -0.2) is 21.9 Å². The van der Waals surface area contributed by atoms with Crippen molar-refractivity contribution in [2.75, 3.05) is 11.1 Å². The highest BCUT2D eigenvalue weighted by atomic mass is 32.2. The third-order valence-corrected chi connectivity index (χ3v) is 4.36. The van der Waals surface area contributed by atoms with Gasteiger partial charge in [-0.05, 0) is 25.3 Å². The van der Waals surface area contributed by atoms with Gasteiger partial charge in [-0.15, -0.1) is 23.1 Å². The summed E-state index contributed by atoms with van der Waals surface area (Å²) < 4.78 is 1.15. The predicted molar refractivity (Wildman–Crippen MR) is 71.7 cm³/mol. The highest BCUT2D eigenvalue weighted by molar-refractivity contribution is 8.01. The molecule has 4 nitrogen and oxygen atoms in total. The van der Waals surface area contributed by atoms with Crippen molar-refractivity contribution >= 4 is 34.7 Å². The van der Waals surface area contributed by atoms with Gasteiger partial charge in [-0.2, -0.15) is 5.10 Å². The summed E-state index contributed by atoms with van der Waals surface area (Å²) in [4.78, 5) is 11.7. The Morgan fingerprint density at radius 1 is 1.59 bits per heavy atom. The predicted octanol–water partition coefficient (Wildman–Crippen LogP) is 2.82. The maximum absolute atomic E-state index is 11.7. The van der Waals surface area contributed by atoms with E-state index in [1.54, 1.807) is 23.1 Å². The van der Waals surface area contributed by atoms with Gasteiger partial charge in [-0.1, -0.05) is 6.07 Å². The number of nitrogens with zero attached hydrogens (tertiary/aromatic N) is 1. The second kappa shape index (κ2) is 5.37. The highest BCUT2D eigenvalue weighted by Crippen LogP contribution is 2.24. The molecule has 2 aromatic rings. The van der Waals surface area contributed by atoms with Gasteiger partial charge in [-0.3, -0.25) is 9.89 Å². The number of hydrogen-bond donors (Lipinski definition) is 2. The number of amides is 1. The summed E-state index contributed by atoms with van der Waals surface area (Å²) >= 11 is 3.19. The fourth-order valence-corrected chi connectivity index (χ4v) is 2.98. The number of anilines is 1. The molecule has 1 amide bonds. The molecule has 2 rings (SSSR count). The molecule has 0 aliphatic rings. The van der Waals surface area contributed by atoms with Gasteiger partial charge in [0.15, 0.2) is 0 Å². The van der Waals surface area contributed by atoms with Crippen molar-refractivity contribution in [1.82, 2.24) is 10.2 Å². The summed E-state index contributed by atoms with van der Waals surface area (Å²) in [5, 5.41) is 11.8. The van der Waals surface area contributed by atoms with Crippen LogP contribution >= 0.6 is 23.1 Å². The van der Waals surface area contributed by atoms with Crippen LogP contribution in [0.15, 0.2) is 21.7 Å². The number of thiophene rings is 1. The summed E-state index contributed by atoms with van der Waals surface area (Å²) in [5.74, 6) is 0.418. The number of rotatable bonds is 4. The third kappa shape index (κ3) is 3.10. The fraction of sp³-hybridized carbons (Fsp3) is 0.273. The van der Waals surface area contributed by atoms with Crippen LogP contribution < -0.4 is 5.32 Å². The molecular formula is C11H13N3OS2. The van der Waals surface area contributed by atoms with Crippen LogP contribution in [0.3, 0.4) is 0 Å². The van der Waals surface area contributed by atoms with E-state index in [4.69, 9.17) is 0 Å². The average molecular weight is 267 g/mol. The lowest BCUT2D eigenvalue weighted by molar-refractivity contribution is -0.113. The molecule has 2 N–H and O–H groups in total. The number of aryl methyl sites for hydroxylation is 2. The lowest BCUT2D eigenvalue weighted by Gasteiger charge is -2.04. The Morgan fingerprint density at radius 3 is 3.00 bits per heavy atom. The van der Waals surface area contributed by atoms with Gasteiger partial charge >= 0.3 is 0 Å². The molecule has 2 aromatic heterocycles. The van der Waals surface area contributed by atoms with E-state index in [1.807, 2.05) is 31.4 Å². The molecule has 0 saturated carbocycles. The number of carbonyl (C=O) groups is 1. The minimum Gasteiger partial charge on any atom is -0.322 e. The summed E-state index contributed by atoms with van der Waals surface area (Å²) in [7, 11) is 0. The number of H-pyrrole nitrogens is 1. The Hall–Kier alpha value is -1.27. The zero-order valence-electron chi connectivity index (χ0n) is 9.61. The first-order chi connectivity index (χ1) is 8.16. The monoisotopic (exact) mass is 267 g/mol. The Balaban J connectivity index is 1.89. The van der Waals surface area contributed by atoms with Crippen molar-refractivity contribution in [3.05, 3.63) is 28.9 Å². The molecule has 0 bridgehead atoms. The second-order valence-corrected chi connectivity index (χ2v) is 5.80. The molecule has 0 saturated heterocycles. The number of aromatic amines is 1. The molecule has 0 atom stereocenters. The Morgan fingerprint density at radius 2 is 2.41 bits per heavy atom. The average Bonchev–Trinajstić information content (AvgIpc) is 2.91. The van der Waals surface area contributed by atoms with Gasteiger partial charge in [0.2, 0.25) is 5.91 Å². The van der Waals surface area contributed by atoms with E-state index in [1.165, 1.54) is 0 Å². The van der Waals surface area contributed by atoms with Gasteiger partial charge in [-0.25, -0.2) is 0 Å². The second-order valence-electron chi connectivity index (χ2n) is 3.58. The van der Waals surface area contributed by atoms with Crippen LogP contribution in [0.4, 0.5) is 5.69 Å². The van der Waals surface area contributed by atoms with Gasteiger partial charge in [0.25, 0.3) is 0 Å². The van der Waals surface area contributed by atoms with Crippen LogP contribution in [-0.2, 0) is 4.79 Å². The van der Waals surface area contributed by atoms with Crippen LogP contribution in [0.5, 0.6) is 0 Å². The van der Waals surface area contributed by atoms with E-state index in [9.17, 15) is 4.79 Å². The molecule has 0 aliphatic heterocycles.